The van der Waals surface area contributed by atoms with Gasteiger partial charge in [-0.2, -0.15) is 5.10 Å². The first kappa shape index (κ1) is 23.2. The summed E-state index contributed by atoms with van der Waals surface area (Å²) >= 11 is 0. The molecule has 3 aromatic rings. The number of benzene rings is 2. The highest BCUT2D eigenvalue weighted by Crippen LogP contribution is 2.26. The summed E-state index contributed by atoms with van der Waals surface area (Å²) in [4.78, 5) is 40.1. The Labute approximate surface area is 196 Å². The maximum absolute atomic E-state index is 13.1. The number of aryl methyl sites for hydroxylation is 1. The van der Waals surface area contributed by atoms with E-state index < -0.39 is 17.4 Å². The lowest BCUT2D eigenvalue weighted by atomic mass is 9.95. The maximum Gasteiger partial charge on any atom is 0.272 e. The van der Waals surface area contributed by atoms with Crippen molar-refractivity contribution in [2.75, 3.05) is 7.05 Å². The van der Waals surface area contributed by atoms with Crippen molar-refractivity contribution in [3.63, 3.8) is 0 Å². The number of carbonyl (C=O) groups is 3. The lowest BCUT2D eigenvalue weighted by Crippen LogP contribution is -2.62. The van der Waals surface area contributed by atoms with Crippen LogP contribution in [0.5, 0.6) is 0 Å². The molecule has 0 radical (unpaired) electrons. The van der Waals surface area contributed by atoms with E-state index in [0.29, 0.717) is 6.54 Å². The van der Waals surface area contributed by atoms with Crippen LogP contribution >= 0.6 is 0 Å². The number of rotatable bonds is 6. The van der Waals surface area contributed by atoms with Crippen molar-refractivity contribution < 1.29 is 18.8 Å². The molecule has 0 saturated heterocycles. The number of carbonyl (C=O) groups excluding carboxylic acids is 3. The molecule has 0 unspecified atom stereocenters. The molecule has 3 amide bonds. The van der Waals surface area contributed by atoms with Crippen LogP contribution in [0.25, 0.3) is 0 Å². The molecule has 0 spiro atoms. The fourth-order valence-corrected chi connectivity index (χ4v) is 3.79. The SMILES string of the molecule is Cc1ccc(CNC(=O)[C@]2(C)Cn3nc(C(=O)NCc4ccc(F)cc4)cc3C(=O)N2C)cc1. The summed E-state index contributed by atoms with van der Waals surface area (Å²) < 4.78 is 14.5. The lowest BCUT2D eigenvalue weighted by molar-refractivity contribution is -0.132. The van der Waals surface area contributed by atoms with Gasteiger partial charge in [0, 0.05) is 26.2 Å². The number of halogens is 1. The third kappa shape index (κ3) is 4.54. The number of nitrogens with one attached hydrogen (secondary N) is 2. The quantitative estimate of drug-likeness (QED) is 0.587. The van der Waals surface area contributed by atoms with Crippen LogP contribution in [-0.2, 0) is 24.4 Å². The van der Waals surface area contributed by atoms with Crippen LogP contribution in [0.3, 0.4) is 0 Å². The summed E-state index contributed by atoms with van der Waals surface area (Å²) in [5.74, 6) is -1.53. The highest BCUT2D eigenvalue weighted by atomic mass is 19.1. The van der Waals surface area contributed by atoms with Crippen molar-refractivity contribution in [3.8, 4) is 0 Å². The summed E-state index contributed by atoms with van der Waals surface area (Å²) in [5, 5.41) is 9.90. The zero-order chi connectivity index (χ0) is 24.5. The Hall–Kier alpha value is -4.01. The molecule has 176 valence electrons. The van der Waals surface area contributed by atoms with Gasteiger partial charge in [-0.25, -0.2) is 4.39 Å². The molecule has 4 rings (SSSR count). The molecular weight excluding hydrogens is 437 g/mol. The first-order chi connectivity index (χ1) is 16.2. The van der Waals surface area contributed by atoms with E-state index in [1.54, 1.807) is 26.1 Å². The topological polar surface area (TPSA) is 96.3 Å². The molecule has 1 aliphatic heterocycles. The molecule has 0 bridgehead atoms. The molecular formula is C25H26FN5O3. The average molecular weight is 464 g/mol. The van der Waals surface area contributed by atoms with E-state index >= 15 is 0 Å². The normalized spacial score (nSPS) is 17.3. The Kier molecular flexibility index (Phi) is 6.19. The molecule has 0 saturated carbocycles. The van der Waals surface area contributed by atoms with Crippen molar-refractivity contribution in [1.29, 1.82) is 0 Å². The fourth-order valence-electron chi connectivity index (χ4n) is 3.79. The summed E-state index contributed by atoms with van der Waals surface area (Å²) in [6.45, 7) is 4.29. The number of hydrogen-bond donors (Lipinski definition) is 2. The zero-order valence-electron chi connectivity index (χ0n) is 19.3. The van der Waals surface area contributed by atoms with E-state index in [4.69, 9.17) is 0 Å². The summed E-state index contributed by atoms with van der Waals surface area (Å²) in [6.07, 6.45) is 0. The van der Waals surface area contributed by atoms with E-state index in [1.165, 1.54) is 27.8 Å². The van der Waals surface area contributed by atoms with Crippen LogP contribution in [0.15, 0.2) is 54.6 Å². The molecule has 0 aliphatic carbocycles. The van der Waals surface area contributed by atoms with Gasteiger partial charge >= 0.3 is 0 Å². The molecule has 0 fully saturated rings. The van der Waals surface area contributed by atoms with E-state index in [-0.39, 0.29) is 36.2 Å². The largest absolute Gasteiger partial charge is 0.350 e. The monoisotopic (exact) mass is 463 g/mol. The smallest absolute Gasteiger partial charge is 0.272 e. The lowest BCUT2D eigenvalue weighted by Gasteiger charge is -2.40. The molecule has 2 N–H and O–H groups in total. The van der Waals surface area contributed by atoms with Gasteiger partial charge in [-0.3, -0.25) is 19.1 Å². The third-order valence-corrected chi connectivity index (χ3v) is 6.16. The van der Waals surface area contributed by atoms with Gasteiger partial charge in [-0.15, -0.1) is 0 Å². The first-order valence-corrected chi connectivity index (χ1v) is 10.9. The van der Waals surface area contributed by atoms with Crippen LogP contribution in [0.1, 0.15) is 44.6 Å². The number of hydrogen-bond acceptors (Lipinski definition) is 4. The molecule has 1 aliphatic rings. The average Bonchev–Trinajstić information content (AvgIpc) is 3.25. The minimum Gasteiger partial charge on any atom is -0.350 e. The second-order valence-corrected chi connectivity index (χ2v) is 8.69. The van der Waals surface area contributed by atoms with Gasteiger partial charge < -0.3 is 15.5 Å². The Morgan fingerprint density at radius 3 is 2.26 bits per heavy atom. The van der Waals surface area contributed by atoms with Gasteiger partial charge in [0.25, 0.3) is 11.8 Å². The van der Waals surface area contributed by atoms with Crippen LogP contribution < -0.4 is 10.6 Å². The second-order valence-electron chi connectivity index (χ2n) is 8.69. The van der Waals surface area contributed by atoms with Gasteiger partial charge in [-0.05, 0) is 37.1 Å². The van der Waals surface area contributed by atoms with Gasteiger partial charge in [0.1, 0.15) is 17.1 Å². The van der Waals surface area contributed by atoms with Crippen LogP contribution in [0.2, 0.25) is 0 Å². The number of amides is 3. The predicted octanol–water partition coefficient (Wildman–Crippen LogP) is 2.42. The van der Waals surface area contributed by atoms with Gasteiger partial charge in [0.05, 0.1) is 6.54 Å². The number of fused-ring (bicyclic) bond motifs is 1. The molecule has 1 atom stereocenters. The Bertz CT molecular complexity index is 1240. The van der Waals surface area contributed by atoms with E-state index in [9.17, 15) is 18.8 Å². The molecule has 9 heteroatoms. The third-order valence-electron chi connectivity index (χ3n) is 6.16. The van der Waals surface area contributed by atoms with Crippen molar-refractivity contribution in [3.05, 3.63) is 88.5 Å². The standard InChI is InChI=1S/C25H26FN5O3/c1-16-4-6-17(7-5-16)14-28-24(34)25(2)15-31-21(23(33)30(25)3)12-20(29-31)22(32)27-13-18-8-10-19(26)11-9-18/h4-12H,13-15H2,1-3H3,(H,27,32)(H,28,34)/t25-/m0/s1. The van der Waals surface area contributed by atoms with Gasteiger partial charge in [0.2, 0.25) is 5.91 Å². The summed E-state index contributed by atoms with van der Waals surface area (Å²) in [7, 11) is 1.57. The van der Waals surface area contributed by atoms with Crippen molar-refractivity contribution in [2.24, 2.45) is 0 Å². The highest BCUT2D eigenvalue weighted by molar-refractivity contribution is 6.01. The van der Waals surface area contributed by atoms with Crippen LogP contribution in [0.4, 0.5) is 4.39 Å². The number of aromatic nitrogens is 2. The minimum absolute atomic E-state index is 0.0724. The van der Waals surface area contributed by atoms with E-state index in [1.807, 2.05) is 31.2 Å². The Balaban J connectivity index is 1.46. The van der Waals surface area contributed by atoms with E-state index in [2.05, 4.69) is 15.7 Å². The number of likely N-dealkylation sites (N-methyl/N-ethyl adjacent to an activating group) is 1. The Morgan fingerprint density at radius 2 is 1.62 bits per heavy atom. The molecule has 34 heavy (non-hydrogen) atoms. The summed E-state index contributed by atoms with van der Waals surface area (Å²) in [5.41, 5.74) is 1.94. The predicted molar refractivity (Wildman–Crippen MR) is 123 cm³/mol. The zero-order valence-corrected chi connectivity index (χ0v) is 19.3. The van der Waals surface area contributed by atoms with Crippen LogP contribution in [0, 0.1) is 12.7 Å². The Morgan fingerprint density at radius 1 is 1.03 bits per heavy atom. The van der Waals surface area contributed by atoms with Crippen molar-refractivity contribution in [1.82, 2.24) is 25.3 Å². The molecule has 8 nitrogen and oxygen atoms in total. The summed E-state index contributed by atoms with van der Waals surface area (Å²) in [6, 6.07) is 15.0. The fraction of sp³-hybridized carbons (Fsp3) is 0.280. The second kappa shape index (κ2) is 9.09. The molecule has 2 heterocycles. The molecule has 2 aromatic carbocycles. The first-order valence-electron chi connectivity index (χ1n) is 10.9. The van der Waals surface area contributed by atoms with E-state index in [0.717, 1.165) is 16.7 Å². The van der Waals surface area contributed by atoms with Crippen molar-refractivity contribution in [2.45, 2.75) is 39.0 Å². The number of nitrogens with zero attached hydrogens (tertiary/aromatic N) is 3. The van der Waals surface area contributed by atoms with Gasteiger partial charge in [-0.1, -0.05) is 42.0 Å². The van der Waals surface area contributed by atoms with Gasteiger partial charge in [0.15, 0.2) is 5.69 Å². The van der Waals surface area contributed by atoms with Crippen molar-refractivity contribution >= 4 is 17.7 Å². The molecule has 1 aromatic heterocycles. The van der Waals surface area contributed by atoms with Crippen LogP contribution in [-0.4, -0.2) is 45.0 Å². The minimum atomic E-state index is -1.18. The highest BCUT2D eigenvalue weighted by Gasteiger charge is 2.46. The maximum atomic E-state index is 13.1.